The molecule has 152 valence electrons. The number of hydrogen-bond acceptors (Lipinski definition) is 4. The summed E-state index contributed by atoms with van der Waals surface area (Å²) >= 11 is 0. The zero-order valence-corrected chi connectivity index (χ0v) is 16.0. The van der Waals surface area contributed by atoms with Gasteiger partial charge in [-0.3, -0.25) is 19.3 Å². The number of carbonyl (C=O) groups is 3. The van der Waals surface area contributed by atoms with Crippen LogP contribution in [0.15, 0.2) is 24.3 Å². The van der Waals surface area contributed by atoms with Gasteiger partial charge in [0.2, 0.25) is 11.8 Å². The van der Waals surface area contributed by atoms with Crippen molar-refractivity contribution in [2.45, 2.75) is 19.3 Å². The summed E-state index contributed by atoms with van der Waals surface area (Å²) in [6.45, 7) is 3.80. The Morgan fingerprint density at radius 3 is 2.39 bits per heavy atom. The minimum absolute atomic E-state index is 0.00395. The van der Waals surface area contributed by atoms with E-state index in [-0.39, 0.29) is 36.0 Å². The number of nitrogens with zero attached hydrogens (tertiary/aromatic N) is 3. The number of benzene rings is 1. The van der Waals surface area contributed by atoms with Gasteiger partial charge in [-0.05, 0) is 43.5 Å². The first kappa shape index (κ1) is 20.3. The molecule has 0 saturated carbocycles. The quantitative estimate of drug-likeness (QED) is 0.820. The number of primary amides is 1. The molecule has 8 heteroatoms. The first-order chi connectivity index (χ1) is 13.4. The Kier molecular flexibility index (Phi) is 6.61. The molecule has 2 aliphatic rings. The molecule has 1 aromatic rings. The number of halogens is 1. The molecule has 0 aliphatic carbocycles. The third kappa shape index (κ3) is 5.07. The van der Waals surface area contributed by atoms with Crippen LogP contribution >= 0.6 is 0 Å². The highest BCUT2D eigenvalue weighted by Crippen LogP contribution is 2.17. The van der Waals surface area contributed by atoms with Crippen molar-refractivity contribution in [1.29, 1.82) is 0 Å². The first-order valence-electron chi connectivity index (χ1n) is 9.78. The van der Waals surface area contributed by atoms with Crippen LogP contribution in [0.1, 0.15) is 29.6 Å². The number of rotatable bonds is 4. The Morgan fingerprint density at radius 1 is 0.964 bits per heavy atom. The summed E-state index contributed by atoms with van der Waals surface area (Å²) in [6, 6.07) is 5.56. The van der Waals surface area contributed by atoms with Crippen LogP contribution in [0.3, 0.4) is 0 Å². The van der Waals surface area contributed by atoms with Crippen LogP contribution in [0.5, 0.6) is 0 Å². The summed E-state index contributed by atoms with van der Waals surface area (Å²) in [5.74, 6) is -1.08. The average Bonchev–Trinajstić information content (AvgIpc) is 2.93. The molecule has 1 aromatic carbocycles. The van der Waals surface area contributed by atoms with E-state index in [4.69, 9.17) is 5.73 Å². The van der Waals surface area contributed by atoms with E-state index >= 15 is 0 Å². The predicted octanol–water partition coefficient (Wildman–Crippen LogP) is 0.698. The number of amides is 3. The largest absolute Gasteiger partial charge is 0.369 e. The molecule has 2 saturated heterocycles. The van der Waals surface area contributed by atoms with Gasteiger partial charge in [-0.2, -0.15) is 0 Å². The van der Waals surface area contributed by atoms with Crippen LogP contribution < -0.4 is 5.73 Å². The van der Waals surface area contributed by atoms with E-state index in [0.29, 0.717) is 38.3 Å². The Morgan fingerprint density at radius 2 is 1.68 bits per heavy atom. The summed E-state index contributed by atoms with van der Waals surface area (Å²) in [5, 5.41) is 0. The van der Waals surface area contributed by atoms with Crippen LogP contribution in [0.2, 0.25) is 0 Å². The second-order valence-electron chi connectivity index (χ2n) is 7.51. The lowest BCUT2D eigenvalue weighted by atomic mass is 9.97. The lowest BCUT2D eigenvalue weighted by molar-refractivity contribution is -0.136. The molecule has 0 spiro atoms. The molecule has 0 aromatic heterocycles. The molecule has 2 heterocycles. The van der Waals surface area contributed by atoms with E-state index in [0.717, 1.165) is 25.8 Å². The zero-order chi connectivity index (χ0) is 20.1. The molecule has 0 bridgehead atoms. The third-order valence-electron chi connectivity index (χ3n) is 5.50. The maximum atomic E-state index is 13.1. The van der Waals surface area contributed by atoms with Crippen molar-refractivity contribution in [3.63, 3.8) is 0 Å². The first-order valence-corrected chi connectivity index (χ1v) is 9.78. The molecule has 28 heavy (non-hydrogen) atoms. The molecular weight excluding hydrogens is 363 g/mol. The van der Waals surface area contributed by atoms with Crippen molar-refractivity contribution in [3.05, 3.63) is 35.6 Å². The number of carbonyl (C=O) groups excluding carboxylic acids is 3. The van der Waals surface area contributed by atoms with Gasteiger partial charge in [-0.15, -0.1) is 0 Å². The van der Waals surface area contributed by atoms with Crippen molar-refractivity contribution in [3.8, 4) is 0 Å². The maximum Gasteiger partial charge on any atom is 0.253 e. The molecule has 1 atom stereocenters. The number of piperidine rings is 1. The zero-order valence-electron chi connectivity index (χ0n) is 16.0. The normalized spacial score (nSPS) is 21.2. The Labute approximate surface area is 164 Å². The van der Waals surface area contributed by atoms with E-state index < -0.39 is 0 Å². The maximum absolute atomic E-state index is 13.1. The third-order valence-corrected chi connectivity index (χ3v) is 5.50. The molecular formula is C20H27FN4O3. The highest BCUT2D eigenvalue weighted by Gasteiger charge is 2.28. The van der Waals surface area contributed by atoms with Crippen molar-refractivity contribution >= 4 is 17.7 Å². The fraction of sp³-hybridized carbons (Fsp3) is 0.550. The predicted molar refractivity (Wildman–Crippen MR) is 102 cm³/mol. The second kappa shape index (κ2) is 9.14. The van der Waals surface area contributed by atoms with Gasteiger partial charge >= 0.3 is 0 Å². The summed E-state index contributed by atoms with van der Waals surface area (Å²) in [7, 11) is 0. The Balaban J connectivity index is 1.52. The van der Waals surface area contributed by atoms with Gasteiger partial charge in [0.15, 0.2) is 0 Å². The van der Waals surface area contributed by atoms with Crippen LogP contribution in [-0.4, -0.2) is 78.2 Å². The van der Waals surface area contributed by atoms with E-state index in [1.807, 2.05) is 4.90 Å². The van der Waals surface area contributed by atoms with E-state index in [2.05, 4.69) is 0 Å². The Bertz CT molecular complexity index is 725. The van der Waals surface area contributed by atoms with Gasteiger partial charge in [0.05, 0.1) is 12.5 Å². The number of hydrogen-bond donors (Lipinski definition) is 1. The van der Waals surface area contributed by atoms with E-state index in [1.54, 1.807) is 9.80 Å². The van der Waals surface area contributed by atoms with Gasteiger partial charge < -0.3 is 15.5 Å². The minimum Gasteiger partial charge on any atom is -0.369 e. The summed E-state index contributed by atoms with van der Waals surface area (Å²) in [4.78, 5) is 42.2. The van der Waals surface area contributed by atoms with Crippen molar-refractivity contribution in [2.75, 3.05) is 45.8 Å². The van der Waals surface area contributed by atoms with E-state index in [1.165, 1.54) is 24.3 Å². The molecule has 3 rings (SSSR count). The minimum atomic E-state index is -0.367. The SMILES string of the molecule is NC(=O)C1CCCN(C(=O)CN2CCCN(C(=O)c3ccc(F)cc3)CC2)C1. The monoisotopic (exact) mass is 390 g/mol. The van der Waals surface area contributed by atoms with Crippen molar-refractivity contribution in [1.82, 2.24) is 14.7 Å². The van der Waals surface area contributed by atoms with Gasteiger partial charge in [0.1, 0.15) is 5.82 Å². The number of likely N-dealkylation sites (tertiary alicyclic amines) is 1. The summed E-state index contributed by atoms with van der Waals surface area (Å²) in [6.07, 6.45) is 2.30. The molecule has 2 N–H and O–H groups in total. The molecule has 2 aliphatic heterocycles. The van der Waals surface area contributed by atoms with Crippen molar-refractivity contribution in [2.24, 2.45) is 11.7 Å². The van der Waals surface area contributed by atoms with Gasteiger partial charge in [-0.25, -0.2) is 4.39 Å². The molecule has 1 unspecified atom stereocenters. The fourth-order valence-corrected chi connectivity index (χ4v) is 3.83. The topological polar surface area (TPSA) is 86.9 Å². The summed E-state index contributed by atoms with van der Waals surface area (Å²) in [5.41, 5.74) is 5.86. The fourth-order valence-electron chi connectivity index (χ4n) is 3.83. The standard InChI is InChI=1S/C20H27FN4O3/c21-17-6-4-15(5-7-17)20(28)24-10-2-8-23(11-12-24)14-18(26)25-9-1-3-16(13-25)19(22)27/h4-7,16H,1-3,8-14H2,(H2,22,27). The van der Waals surface area contributed by atoms with Crippen LogP contribution in [-0.2, 0) is 9.59 Å². The van der Waals surface area contributed by atoms with Gasteiger partial charge in [-0.1, -0.05) is 0 Å². The van der Waals surface area contributed by atoms with Gasteiger partial charge in [0, 0.05) is 44.8 Å². The molecule has 2 fully saturated rings. The smallest absolute Gasteiger partial charge is 0.253 e. The lowest BCUT2D eigenvalue weighted by Crippen LogP contribution is -2.48. The van der Waals surface area contributed by atoms with Crippen LogP contribution in [0.4, 0.5) is 4.39 Å². The van der Waals surface area contributed by atoms with Crippen LogP contribution in [0.25, 0.3) is 0 Å². The second-order valence-corrected chi connectivity index (χ2v) is 7.51. The summed E-state index contributed by atoms with van der Waals surface area (Å²) < 4.78 is 13.1. The molecule has 0 radical (unpaired) electrons. The van der Waals surface area contributed by atoms with E-state index in [9.17, 15) is 18.8 Å². The average molecular weight is 390 g/mol. The molecule has 3 amide bonds. The highest BCUT2D eigenvalue weighted by atomic mass is 19.1. The van der Waals surface area contributed by atoms with Crippen LogP contribution in [0, 0.1) is 11.7 Å². The van der Waals surface area contributed by atoms with Gasteiger partial charge in [0.25, 0.3) is 5.91 Å². The van der Waals surface area contributed by atoms with Crippen molar-refractivity contribution < 1.29 is 18.8 Å². The Hall–Kier alpha value is -2.48. The lowest BCUT2D eigenvalue weighted by Gasteiger charge is -2.33. The molecule has 7 nitrogen and oxygen atoms in total. The number of nitrogens with two attached hydrogens (primary N) is 1. The highest BCUT2D eigenvalue weighted by molar-refractivity contribution is 5.94.